The van der Waals surface area contributed by atoms with Crippen LogP contribution >= 0.6 is 0 Å². The summed E-state index contributed by atoms with van der Waals surface area (Å²) in [5.74, 6) is 0.641. The first kappa shape index (κ1) is 28.5. The molecule has 8 aromatic carbocycles. The predicted molar refractivity (Wildman–Crippen MR) is 218 cm³/mol. The molecule has 0 N–H and O–H groups in total. The predicted octanol–water partition coefficient (Wildman–Crippen LogP) is 12.5. The second kappa shape index (κ2) is 10.6. The Bertz CT molecular complexity index is 3450. The lowest BCUT2D eigenvalue weighted by atomic mass is 10.0. The van der Waals surface area contributed by atoms with Crippen molar-refractivity contribution in [2.24, 2.45) is 0 Å². The molecule has 0 fully saturated rings. The minimum absolute atomic E-state index is 0.641. The highest BCUT2D eigenvalue weighted by Gasteiger charge is 2.25. The molecule has 0 saturated heterocycles. The molecular weight excluding hydrogens is 649 g/mol. The Morgan fingerprint density at radius 1 is 0.396 bits per heavy atom. The van der Waals surface area contributed by atoms with Crippen LogP contribution in [-0.4, -0.2) is 19.1 Å². The second-order valence-electron chi connectivity index (χ2n) is 13.7. The molecule has 0 spiro atoms. The van der Waals surface area contributed by atoms with Crippen LogP contribution in [-0.2, 0) is 0 Å². The lowest BCUT2D eigenvalue weighted by Crippen LogP contribution is -2.03. The maximum absolute atomic E-state index is 6.42. The maximum atomic E-state index is 6.42. The number of benzene rings is 8. The van der Waals surface area contributed by atoms with Gasteiger partial charge in [0.15, 0.2) is 0 Å². The van der Waals surface area contributed by atoms with Gasteiger partial charge in [0.1, 0.15) is 11.2 Å². The quantitative estimate of drug-likeness (QED) is 0.175. The zero-order chi connectivity index (χ0) is 34.6. The minimum Gasteiger partial charge on any atom is -0.456 e. The fourth-order valence-corrected chi connectivity index (χ4v) is 8.72. The van der Waals surface area contributed by atoms with Crippen molar-refractivity contribution in [1.29, 1.82) is 0 Å². The number of rotatable bonds is 3. The summed E-state index contributed by atoms with van der Waals surface area (Å²) in [4.78, 5) is 10.8. The van der Waals surface area contributed by atoms with Gasteiger partial charge in [-0.05, 0) is 59.3 Å². The van der Waals surface area contributed by atoms with Crippen LogP contribution in [0.25, 0.3) is 110 Å². The zero-order valence-corrected chi connectivity index (χ0v) is 28.4. The number of fused-ring (bicyclic) bond motifs is 14. The lowest BCUT2D eigenvalue weighted by molar-refractivity contribution is 0.669. The highest BCUT2D eigenvalue weighted by molar-refractivity contribution is 6.33. The van der Waals surface area contributed by atoms with Crippen molar-refractivity contribution < 1.29 is 4.42 Å². The summed E-state index contributed by atoms with van der Waals surface area (Å²) in [7, 11) is 0. The third kappa shape index (κ3) is 3.91. The van der Waals surface area contributed by atoms with Crippen molar-refractivity contribution >= 4 is 87.2 Å². The number of nitrogens with zero attached hydrogens (tertiary/aromatic N) is 4. The SMILES string of the molecule is c1ccc(-c2nc(-n3c4ccccc4c4c3ccc3c5c6c(ccc5n(-c5ccccc5)c34)oc3ccccc36)nc3ccc4ccccc4c23)cc1. The van der Waals surface area contributed by atoms with Crippen molar-refractivity contribution in [3.8, 4) is 22.9 Å². The highest BCUT2D eigenvalue weighted by Crippen LogP contribution is 2.46. The van der Waals surface area contributed by atoms with E-state index in [2.05, 4.69) is 173 Å². The third-order valence-electron chi connectivity index (χ3n) is 10.9. The summed E-state index contributed by atoms with van der Waals surface area (Å²) in [5.41, 5.74) is 10.1. The van der Waals surface area contributed by atoms with Crippen LogP contribution < -0.4 is 0 Å². The highest BCUT2D eigenvalue weighted by atomic mass is 16.3. The Hall–Kier alpha value is -7.24. The Morgan fingerprint density at radius 3 is 1.96 bits per heavy atom. The number of hydrogen-bond acceptors (Lipinski definition) is 3. The molecule has 0 saturated carbocycles. The van der Waals surface area contributed by atoms with E-state index >= 15 is 0 Å². The van der Waals surface area contributed by atoms with Gasteiger partial charge in [-0.15, -0.1) is 0 Å². The van der Waals surface area contributed by atoms with E-state index in [1.807, 2.05) is 6.07 Å². The molecule has 0 aliphatic carbocycles. The molecule has 5 heteroatoms. The molecule has 0 aliphatic heterocycles. The molecular formula is C48H28N4O. The van der Waals surface area contributed by atoms with Crippen molar-refractivity contribution in [2.45, 2.75) is 0 Å². The Labute approximate surface area is 302 Å². The van der Waals surface area contributed by atoms with Crippen LogP contribution in [0.1, 0.15) is 0 Å². The summed E-state index contributed by atoms with van der Waals surface area (Å²) >= 11 is 0. The molecule has 0 bridgehead atoms. The van der Waals surface area contributed by atoms with Gasteiger partial charge in [-0.1, -0.05) is 121 Å². The van der Waals surface area contributed by atoms with E-state index in [0.29, 0.717) is 5.95 Å². The van der Waals surface area contributed by atoms with E-state index in [4.69, 9.17) is 14.4 Å². The Kier molecular flexibility index (Phi) is 5.71. The van der Waals surface area contributed by atoms with E-state index < -0.39 is 0 Å². The summed E-state index contributed by atoms with van der Waals surface area (Å²) in [6.45, 7) is 0. The summed E-state index contributed by atoms with van der Waals surface area (Å²) in [6, 6.07) is 59.8. The Balaban J connectivity index is 1.26. The summed E-state index contributed by atoms with van der Waals surface area (Å²) in [6.07, 6.45) is 0. The minimum atomic E-state index is 0.641. The normalized spacial score (nSPS) is 12.2. The molecule has 12 aromatic rings. The molecule has 4 aromatic heterocycles. The fourth-order valence-electron chi connectivity index (χ4n) is 8.72. The molecule has 12 rings (SSSR count). The van der Waals surface area contributed by atoms with Gasteiger partial charge in [0.05, 0.1) is 33.3 Å². The van der Waals surface area contributed by atoms with Crippen molar-refractivity contribution in [3.05, 3.63) is 170 Å². The van der Waals surface area contributed by atoms with Crippen LogP contribution in [0.15, 0.2) is 174 Å². The first-order valence-electron chi connectivity index (χ1n) is 17.9. The van der Waals surface area contributed by atoms with Gasteiger partial charge in [0.25, 0.3) is 0 Å². The molecule has 0 unspecified atom stereocenters. The monoisotopic (exact) mass is 676 g/mol. The van der Waals surface area contributed by atoms with Gasteiger partial charge in [-0.3, -0.25) is 4.57 Å². The molecule has 0 amide bonds. The summed E-state index contributed by atoms with van der Waals surface area (Å²) in [5, 5.41) is 10.3. The summed E-state index contributed by atoms with van der Waals surface area (Å²) < 4.78 is 11.1. The molecule has 0 aliphatic rings. The van der Waals surface area contributed by atoms with Gasteiger partial charge in [-0.25, -0.2) is 9.97 Å². The lowest BCUT2D eigenvalue weighted by Gasteiger charge is -2.13. The third-order valence-corrected chi connectivity index (χ3v) is 10.9. The second-order valence-corrected chi connectivity index (χ2v) is 13.7. The zero-order valence-electron chi connectivity index (χ0n) is 28.4. The molecule has 0 atom stereocenters. The first-order chi connectivity index (χ1) is 26.3. The largest absolute Gasteiger partial charge is 0.456 e. The van der Waals surface area contributed by atoms with Crippen molar-refractivity contribution in [3.63, 3.8) is 0 Å². The number of furan rings is 1. The van der Waals surface area contributed by atoms with Crippen LogP contribution in [0.5, 0.6) is 0 Å². The molecule has 53 heavy (non-hydrogen) atoms. The van der Waals surface area contributed by atoms with Crippen molar-refractivity contribution in [1.82, 2.24) is 19.1 Å². The van der Waals surface area contributed by atoms with Crippen LogP contribution in [0.4, 0.5) is 0 Å². The first-order valence-corrected chi connectivity index (χ1v) is 17.9. The standard InChI is InChI=1S/C48H28N4O/c1-3-14-30(15-4-1)46-42-32-18-8-7-13-29(32)23-25-36(42)49-48(50-46)52-37-21-11-9-19-33(37)44-39(52)26-24-35-43-38(51(47(35)44)31-16-5-2-6-17-31)27-28-41-45(43)34-20-10-12-22-40(34)53-41/h1-28H. The van der Waals surface area contributed by atoms with Gasteiger partial charge in [-0.2, -0.15) is 0 Å². The Morgan fingerprint density at radius 2 is 1.09 bits per heavy atom. The van der Waals surface area contributed by atoms with E-state index in [1.54, 1.807) is 0 Å². The number of hydrogen-bond donors (Lipinski definition) is 0. The fraction of sp³-hybridized carbons (Fsp3) is 0. The molecule has 5 nitrogen and oxygen atoms in total. The van der Waals surface area contributed by atoms with Gasteiger partial charge in [0, 0.05) is 49.0 Å². The number of para-hydroxylation sites is 3. The molecule has 0 radical (unpaired) electrons. The van der Waals surface area contributed by atoms with Gasteiger partial charge < -0.3 is 8.98 Å². The maximum Gasteiger partial charge on any atom is 0.235 e. The average Bonchev–Trinajstić information content (AvgIpc) is 3.88. The smallest absolute Gasteiger partial charge is 0.235 e. The van der Waals surface area contributed by atoms with Crippen LogP contribution in [0.3, 0.4) is 0 Å². The van der Waals surface area contributed by atoms with Gasteiger partial charge >= 0.3 is 0 Å². The van der Waals surface area contributed by atoms with Crippen molar-refractivity contribution in [2.75, 3.05) is 0 Å². The molecule has 4 heterocycles. The van der Waals surface area contributed by atoms with E-state index in [0.717, 1.165) is 88.0 Å². The van der Waals surface area contributed by atoms with Gasteiger partial charge in [0.2, 0.25) is 5.95 Å². The molecule has 246 valence electrons. The average molecular weight is 677 g/mol. The van der Waals surface area contributed by atoms with E-state index in [9.17, 15) is 0 Å². The topological polar surface area (TPSA) is 48.8 Å². The van der Waals surface area contributed by atoms with E-state index in [-0.39, 0.29) is 0 Å². The van der Waals surface area contributed by atoms with E-state index in [1.165, 1.54) is 16.2 Å². The van der Waals surface area contributed by atoms with Crippen LogP contribution in [0.2, 0.25) is 0 Å². The van der Waals surface area contributed by atoms with Crippen LogP contribution in [0, 0.1) is 0 Å². The number of aromatic nitrogens is 4.